The highest BCUT2D eigenvalue weighted by molar-refractivity contribution is 8.26. The van der Waals surface area contributed by atoms with E-state index in [1.807, 2.05) is 61.5 Å². The maximum Gasteiger partial charge on any atom is 0.267 e. The lowest BCUT2D eigenvalue weighted by Crippen LogP contribution is -2.27. The molecule has 8 nitrogen and oxygen atoms in total. The minimum atomic E-state index is -0.278. The highest BCUT2D eigenvalue weighted by Gasteiger charge is 2.33. The number of amides is 1. The Bertz CT molecular complexity index is 1670. The van der Waals surface area contributed by atoms with E-state index in [4.69, 9.17) is 26.7 Å². The van der Waals surface area contributed by atoms with Gasteiger partial charge in [-0.3, -0.25) is 18.9 Å². The molecule has 0 aliphatic carbocycles. The molecule has 2 aromatic carbocycles. The third-order valence-corrected chi connectivity index (χ3v) is 7.73. The fourth-order valence-electron chi connectivity index (χ4n) is 4.36. The molecular formula is C28H22N4O4S2. The Morgan fingerprint density at radius 1 is 1.08 bits per heavy atom. The van der Waals surface area contributed by atoms with Crippen LogP contribution in [0.2, 0.25) is 0 Å². The van der Waals surface area contributed by atoms with Gasteiger partial charge in [-0.25, -0.2) is 4.98 Å². The molecule has 1 amide bonds. The van der Waals surface area contributed by atoms with Crippen molar-refractivity contribution in [3.8, 4) is 11.5 Å². The lowest BCUT2D eigenvalue weighted by molar-refractivity contribution is -0.122. The number of thioether (sulfide) groups is 1. The molecule has 0 bridgehead atoms. The largest absolute Gasteiger partial charge is 0.454 e. The zero-order chi connectivity index (χ0) is 26.2. The van der Waals surface area contributed by atoms with E-state index in [9.17, 15) is 9.59 Å². The number of fused-ring (bicyclic) bond motifs is 2. The Hall–Kier alpha value is -4.15. The maximum atomic E-state index is 13.6. The number of nitrogens with one attached hydrogen (secondary N) is 1. The number of rotatable bonds is 6. The summed E-state index contributed by atoms with van der Waals surface area (Å²) in [6.45, 7) is 2.46. The Morgan fingerprint density at radius 2 is 1.87 bits per heavy atom. The predicted octanol–water partition coefficient (Wildman–Crippen LogP) is 5.00. The van der Waals surface area contributed by atoms with Crippen LogP contribution in [0.4, 0.5) is 5.82 Å². The number of carbonyl (C=O) groups excluding carboxylic acids is 1. The Kier molecular flexibility index (Phi) is 6.34. The number of nitrogens with zero attached hydrogens (tertiary/aromatic N) is 3. The van der Waals surface area contributed by atoms with Gasteiger partial charge in [-0.1, -0.05) is 66.4 Å². The van der Waals surface area contributed by atoms with E-state index in [0.717, 1.165) is 11.1 Å². The molecule has 0 saturated carbocycles. The summed E-state index contributed by atoms with van der Waals surface area (Å²) in [5.74, 6) is 1.45. The van der Waals surface area contributed by atoms with Crippen LogP contribution in [-0.2, 0) is 11.3 Å². The second-order valence-corrected chi connectivity index (χ2v) is 10.5. The molecular weight excluding hydrogens is 520 g/mol. The van der Waals surface area contributed by atoms with Crippen LogP contribution >= 0.6 is 24.0 Å². The minimum Gasteiger partial charge on any atom is -0.454 e. The molecule has 6 rings (SSSR count). The molecule has 0 unspecified atom stereocenters. The van der Waals surface area contributed by atoms with Crippen LogP contribution in [-0.4, -0.2) is 31.3 Å². The number of ether oxygens (including phenoxy) is 2. The van der Waals surface area contributed by atoms with Crippen molar-refractivity contribution in [3.05, 3.63) is 105 Å². The first kappa shape index (κ1) is 24.2. The Balaban J connectivity index is 1.35. The van der Waals surface area contributed by atoms with Gasteiger partial charge in [0, 0.05) is 12.2 Å². The first-order valence-corrected chi connectivity index (χ1v) is 13.2. The van der Waals surface area contributed by atoms with E-state index in [2.05, 4.69) is 5.32 Å². The molecule has 10 heteroatoms. The van der Waals surface area contributed by atoms with Crippen molar-refractivity contribution in [2.24, 2.45) is 0 Å². The predicted molar refractivity (Wildman–Crippen MR) is 151 cm³/mol. The summed E-state index contributed by atoms with van der Waals surface area (Å²) in [6.07, 6.45) is 3.25. The maximum absolute atomic E-state index is 13.6. The highest BCUT2D eigenvalue weighted by Crippen LogP contribution is 2.37. The molecule has 2 aromatic heterocycles. The molecule has 1 atom stereocenters. The van der Waals surface area contributed by atoms with Crippen molar-refractivity contribution < 1.29 is 14.3 Å². The number of hydrogen-bond donors (Lipinski definition) is 1. The molecule has 2 aliphatic heterocycles. The van der Waals surface area contributed by atoms with Crippen LogP contribution in [0.5, 0.6) is 11.5 Å². The summed E-state index contributed by atoms with van der Waals surface area (Å²) in [6, 6.07) is 20.7. The normalized spacial score (nSPS) is 16.4. The average Bonchev–Trinajstić information content (AvgIpc) is 3.51. The van der Waals surface area contributed by atoms with Gasteiger partial charge >= 0.3 is 0 Å². The smallest absolute Gasteiger partial charge is 0.267 e. The lowest BCUT2D eigenvalue weighted by atomic mass is 10.1. The van der Waals surface area contributed by atoms with Crippen molar-refractivity contribution in [1.82, 2.24) is 14.3 Å². The van der Waals surface area contributed by atoms with Crippen molar-refractivity contribution in [1.29, 1.82) is 0 Å². The van der Waals surface area contributed by atoms with E-state index >= 15 is 0 Å². The summed E-state index contributed by atoms with van der Waals surface area (Å²) in [5.41, 5.74) is 2.43. The van der Waals surface area contributed by atoms with Gasteiger partial charge in [-0.05, 0) is 48.4 Å². The van der Waals surface area contributed by atoms with Crippen molar-refractivity contribution >= 4 is 51.7 Å². The van der Waals surface area contributed by atoms with Gasteiger partial charge in [-0.2, -0.15) is 0 Å². The first-order chi connectivity index (χ1) is 18.5. The zero-order valence-corrected chi connectivity index (χ0v) is 21.9. The topological polar surface area (TPSA) is 85.2 Å². The van der Waals surface area contributed by atoms with Crippen LogP contribution in [0.15, 0.2) is 82.6 Å². The molecule has 4 aromatic rings. The van der Waals surface area contributed by atoms with Gasteiger partial charge in [0.1, 0.15) is 15.8 Å². The molecule has 2 aliphatic rings. The van der Waals surface area contributed by atoms with Gasteiger partial charge in [0.25, 0.3) is 11.5 Å². The lowest BCUT2D eigenvalue weighted by Gasteiger charge is -2.17. The number of benzene rings is 2. The van der Waals surface area contributed by atoms with E-state index in [1.165, 1.54) is 21.1 Å². The van der Waals surface area contributed by atoms with Crippen LogP contribution < -0.4 is 20.3 Å². The van der Waals surface area contributed by atoms with Crippen molar-refractivity contribution in [2.75, 3.05) is 12.1 Å². The van der Waals surface area contributed by atoms with E-state index < -0.39 is 0 Å². The van der Waals surface area contributed by atoms with E-state index in [0.29, 0.717) is 37.8 Å². The number of pyridine rings is 1. The molecule has 1 N–H and O–H groups in total. The molecule has 38 heavy (non-hydrogen) atoms. The van der Waals surface area contributed by atoms with Gasteiger partial charge < -0.3 is 14.8 Å². The van der Waals surface area contributed by atoms with Gasteiger partial charge in [0.2, 0.25) is 6.79 Å². The Morgan fingerprint density at radius 3 is 2.71 bits per heavy atom. The number of anilines is 1. The highest BCUT2D eigenvalue weighted by atomic mass is 32.2. The number of aromatic nitrogens is 2. The Labute approximate surface area is 227 Å². The second kappa shape index (κ2) is 9.96. The van der Waals surface area contributed by atoms with Gasteiger partial charge in [-0.15, -0.1) is 0 Å². The third kappa shape index (κ3) is 4.52. The third-order valence-electron chi connectivity index (χ3n) is 6.35. The summed E-state index contributed by atoms with van der Waals surface area (Å²) >= 11 is 6.71. The summed E-state index contributed by atoms with van der Waals surface area (Å²) in [7, 11) is 0. The van der Waals surface area contributed by atoms with Crippen LogP contribution in [0.3, 0.4) is 0 Å². The first-order valence-electron chi connectivity index (χ1n) is 11.9. The fourth-order valence-corrected chi connectivity index (χ4v) is 5.60. The quantitative estimate of drug-likeness (QED) is 0.269. The molecule has 1 saturated heterocycles. The van der Waals surface area contributed by atoms with Crippen LogP contribution in [0, 0.1) is 0 Å². The number of thiocarbonyl (C=S) groups is 1. The van der Waals surface area contributed by atoms with Crippen LogP contribution in [0.1, 0.15) is 29.7 Å². The molecule has 1 fully saturated rings. The van der Waals surface area contributed by atoms with E-state index in [1.54, 1.807) is 24.4 Å². The number of hydrogen-bond acceptors (Lipinski definition) is 8. The average molecular weight is 543 g/mol. The summed E-state index contributed by atoms with van der Waals surface area (Å²) in [5, 5.41) is 3.37. The van der Waals surface area contributed by atoms with E-state index in [-0.39, 0.29) is 30.8 Å². The van der Waals surface area contributed by atoms with Gasteiger partial charge in [0.15, 0.2) is 11.5 Å². The zero-order valence-electron chi connectivity index (χ0n) is 20.3. The monoisotopic (exact) mass is 542 g/mol. The SMILES string of the molecule is C[C@H](Nc1nc2ccccn2c(=O)c1/C=C1\SC(=S)N(Cc2ccc3c(c2)OCO3)C1=O)c1ccccc1. The molecule has 190 valence electrons. The summed E-state index contributed by atoms with van der Waals surface area (Å²) in [4.78, 5) is 33.6. The molecule has 4 heterocycles. The van der Waals surface area contributed by atoms with Gasteiger partial charge in [0.05, 0.1) is 17.0 Å². The molecule has 0 spiro atoms. The second-order valence-electron chi connectivity index (χ2n) is 8.84. The fraction of sp³-hybridized carbons (Fsp3) is 0.143. The number of carbonyl (C=O) groups is 1. The van der Waals surface area contributed by atoms with Crippen molar-refractivity contribution in [3.63, 3.8) is 0 Å². The minimum absolute atomic E-state index is 0.123. The standard InChI is InChI=1S/C28H22N4O4S2/c1-17(19-7-3-2-4-8-19)29-25-20(26(33)31-12-6-5-9-24(31)30-25)14-23-27(34)32(28(37)38-23)15-18-10-11-21-22(13-18)36-16-35-21/h2-14,17,29H,15-16H2,1H3/b23-14-/t17-/m0/s1. The van der Waals surface area contributed by atoms with Crippen LogP contribution in [0.25, 0.3) is 11.7 Å². The summed E-state index contributed by atoms with van der Waals surface area (Å²) < 4.78 is 12.7. The molecule has 0 radical (unpaired) electrons. The van der Waals surface area contributed by atoms with Crippen molar-refractivity contribution in [2.45, 2.75) is 19.5 Å².